The van der Waals surface area contributed by atoms with Crippen LogP contribution in [0.1, 0.15) is 37.0 Å². The minimum Gasteiger partial charge on any atom is -0.439 e. The highest BCUT2D eigenvalue weighted by Gasteiger charge is 2.21. The van der Waals surface area contributed by atoms with Crippen molar-refractivity contribution in [1.82, 2.24) is 4.98 Å². The van der Waals surface area contributed by atoms with Crippen LogP contribution in [-0.4, -0.2) is 11.3 Å². The van der Waals surface area contributed by atoms with Crippen LogP contribution in [0, 0.1) is 0 Å². The third kappa shape index (κ3) is 1.65. The van der Waals surface area contributed by atoms with Crippen LogP contribution in [0.4, 0.5) is 0 Å². The molecule has 0 amide bonds. The molecule has 1 aromatic carbocycles. The zero-order valence-corrected chi connectivity index (χ0v) is 9.07. The zero-order valence-electron chi connectivity index (χ0n) is 9.07. The third-order valence-corrected chi connectivity index (χ3v) is 2.21. The molecule has 0 spiro atoms. The van der Waals surface area contributed by atoms with E-state index in [2.05, 4.69) is 4.98 Å². The Bertz CT molecular complexity index is 506. The average Bonchev–Trinajstić information content (AvgIpc) is 2.59. The number of oxazole rings is 1. The van der Waals surface area contributed by atoms with E-state index in [0.29, 0.717) is 17.0 Å². The number of carbonyl (C=O) groups excluding carboxylic acids is 1. The maximum atomic E-state index is 10.8. The van der Waals surface area contributed by atoms with Crippen molar-refractivity contribution in [3.8, 4) is 0 Å². The van der Waals surface area contributed by atoms with Crippen LogP contribution in [0.3, 0.4) is 0 Å². The van der Waals surface area contributed by atoms with Gasteiger partial charge in [0.1, 0.15) is 5.52 Å². The fourth-order valence-corrected chi connectivity index (χ4v) is 1.38. The van der Waals surface area contributed by atoms with E-state index < -0.39 is 0 Å². The first-order valence-electron chi connectivity index (χ1n) is 4.87. The SMILES string of the molecule is CC(C)(C)c1nc2cccc(C=O)c2o1. The van der Waals surface area contributed by atoms with Crippen molar-refractivity contribution in [3.63, 3.8) is 0 Å². The summed E-state index contributed by atoms with van der Waals surface area (Å²) in [6, 6.07) is 5.38. The molecule has 0 atom stereocenters. The molecular formula is C12H13NO2. The first-order chi connectivity index (χ1) is 7.02. The molecule has 1 aromatic heterocycles. The van der Waals surface area contributed by atoms with E-state index in [1.165, 1.54) is 0 Å². The highest BCUT2D eigenvalue weighted by molar-refractivity contribution is 5.92. The lowest BCUT2D eigenvalue weighted by molar-refractivity contribution is 0.112. The minimum atomic E-state index is -0.140. The lowest BCUT2D eigenvalue weighted by Crippen LogP contribution is -2.10. The van der Waals surface area contributed by atoms with E-state index in [4.69, 9.17) is 4.42 Å². The van der Waals surface area contributed by atoms with Crippen LogP contribution in [0.25, 0.3) is 11.1 Å². The fourth-order valence-electron chi connectivity index (χ4n) is 1.38. The van der Waals surface area contributed by atoms with Crippen molar-refractivity contribution in [2.75, 3.05) is 0 Å². The molecule has 0 aliphatic heterocycles. The molecule has 0 saturated heterocycles. The fraction of sp³-hybridized carbons (Fsp3) is 0.333. The number of aldehydes is 1. The van der Waals surface area contributed by atoms with E-state index in [9.17, 15) is 4.79 Å². The quantitative estimate of drug-likeness (QED) is 0.669. The molecule has 2 aromatic rings. The molecule has 2 rings (SSSR count). The van der Waals surface area contributed by atoms with Crippen LogP contribution < -0.4 is 0 Å². The minimum absolute atomic E-state index is 0.140. The van der Waals surface area contributed by atoms with Gasteiger partial charge < -0.3 is 4.42 Å². The Labute approximate surface area is 88.1 Å². The van der Waals surface area contributed by atoms with Gasteiger partial charge in [-0.2, -0.15) is 0 Å². The van der Waals surface area contributed by atoms with E-state index in [1.807, 2.05) is 26.8 Å². The molecular weight excluding hydrogens is 190 g/mol. The molecule has 1 heterocycles. The Kier molecular flexibility index (Phi) is 2.11. The van der Waals surface area contributed by atoms with Gasteiger partial charge in [0, 0.05) is 5.41 Å². The first kappa shape index (κ1) is 9.90. The van der Waals surface area contributed by atoms with Gasteiger partial charge in [-0.15, -0.1) is 0 Å². The molecule has 0 saturated carbocycles. The van der Waals surface area contributed by atoms with Crippen molar-refractivity contribution >= 4 is 17.4 Å². The summed E-state index contributed by atoms with van der Waals surface area (Å²) >= 11 is 0. The van der Waals surface area contributed by atoms with Crippen molar-refractivity contribution in [2.45, 2.75) is 26.2 Å². The Hall–Kier alpha value is -1.64. The number of fused-ring (bicyclic) bond motifs is 1. The van der Waals surface area contributed by atoms with E-state index in [-0.39, 0.29) is 5.41 Å². The van der Waals surface area contributed by atoms with Gasteiger partial charge in [0.2, 0.25) is 5.89 Å². The molecule has 0 aliphatic carbocycles. The number of hydrogen-bond acceptors (Lipinski definition) is 3. The Morgan fingerprint density at radius 1 is 1.33 bits per heavy atom. The van der Waals surface area contributed by atoms with E-state index >= 15 is 0 Å². The van der Waals surface area contributed by atoms with Gasteiger partial charge in [-0.1, -0.05) is 26.8 Å². The van der Waals surface area contributed by atoms with Gasteiger partial charge in [-0.25, -0.2) is 4.98 Å². The first-order valence-corrected chi connectivity index (χ1v) is 4.87. The van der Waals surface area contributed by atoms with Crippen molar-refractivity contribution < 1.29 is 9.21 Å². The summed E-state index contributed by atoms with van der Waals surface area (Å²) in [6.45, 7) is 6.08. The van der Waals surface area contributed by atoms with E-state index in [0.717, 1.165) is 11.8 Å². The molecule has 3 heteroatoms. The highest BCUT2D eigenvalue weighted by atomic mass is 16.3. The van der Waals surface area contributed by atoms with E-state index in [1.54, 1.807) is 12.1 Å². The number of carbonyl (C=O) groups is 1. The summed E-state index contributed by atoms with van der Waals surface area (Å²) < 4.78 is 5.61. The van der Waals surface area contributed by atoms with Gasteiger partial charge in [-0.05, 0) is 12.1 Å². The molecule has 0 radical (unpaired) electrons. The molecule has 78 valence electrons. The zero-order chi connectivity index (χ0) is 11.1. The van der Waals surface area contributed by atoms with Crippen LogP contribution in [-0.2, 0) is 5.41 Å². The molecule has 3 nitrogen and oxygen atoms in total. The number of nitrogens with zero attached hydrogens (tertiary/aromatic N) is 1. The van der Waals surface area contributed by atoms with Crippen LogP contribution in [0.15, 0.2) is 22.6 Å². The largest absolute Gasteiger partial charge is 0.439 e. The predicted octanol–water partition coefficient (Wildman–Crippen LogP) is 2.94. The number of aromatic nitrogens is 1. The van der Waals surface area contributed by atoms with Crippen LogP contribution in [0.2, 0.25) is 0 Å². The summed E-state index contributed by atoms with van der Waals surface area (Å²) in [4.78, 5) is 15.2. The second-order valence-corrected chi connectivity index (χ2v) is 4.58. The monoisotopic (exact) mass is 203 g/mol. The highest BCUT2D eigenvalue weighted by Crippen LogP contribution is 2.26. The average molecular weight is 203 g/mol. The van der Waals surface area contributed by atoms with Gasteiger partial charge in [-0.3, -0.25) is 4.79 Å². The van der Waals surface area contributed by atoms with Crippen molar-refractivity contribution in [2.24, 2.45) is 0 Å². The Balaban J connectivity index is 2.70. The molecule has 0 bridgehead atoms. The number of para-hydroxylation sites is 1. The van der Waals surface area contributed by atoms with Crippen LogP contribution >= 0.6 is 0 Å². The summed E-state index contributed by atoms with van der Waals surface area (Å²) in [5.74, 6) is 0.659. The topological polar surface area (TPSA) is 43.1 Å². The normalized spacial score (nSPS) is 11.9. The molecule has 0 fully saturated rings. The van der Waals surface area contributed by atoms with Crippen molar-refractivity contribution in [3.05, 3.63) is 29.7 Å². The summed E-state index contributed by atoms with van der Waals surface area (Å²) in [7, 11) is 0. The van der Waals surface area contributed by atoms with Crippen molar-refractivity contribution in [1.29, 1.82) is 0 Å². The number of hydrogen-bond donors (Lipinski definition) is 0. The molecule has 15 heavy (non-hydrogen) atoms. The standard InChI is InChI=1S/C12H13NO2/c1-12(2,3)11-13-9-6-4-5-8(7-14)10(9)15-11/h4-7H,1-3H3. The lowest BCUT2D eigenvalue weighted by Gasteiger charge is -2.11. The second-order valence-electron chi connectivity index (χ2n) is 4.58. The van der Waals surface area contributed by atoms with Gasteiger partial charge >= 0.3 is 0 Å². The molecule has 0 aliphatic rings. The predicted molar refractivity (Wildman–Crippen MR) is 58.1 cm³/mol. The number of benzene rings is 1. The maximum Gasteiger partial charge on any atom is 0.200 e. The van der Waals surface area contributed by atoms with Crippen LogP contribution in [0.5, 0.6) is 0 Å². The van der Waals surface area contributed by atoms with Gasteiger partial charge in [0.05, 0.1) is 5.56 Å². The second kappa shape index (κ2) is 3.19. The molecule has 0 unspecified atom stereocenters. The van der Waals surface area contributed by atoms with Gasteiger partial charge in [0.25, 0.3) is 0 Å². The summed E-state index contributed by atoms with van der Waals surface area (Å²) in [5, 5.41) is 0. The summed E-state index contributed by atoms with van der Waals surface area (Å²) in [5.41, 5.74) is 1.73. The maximum absolute atomic E-state index is 10.8. The third-order valence-electron chi connectivity index (χ3n) is 2.21. The smallest absolute Gasteiger partial charge is 0.200 e. The van der Waals surface area contributed by atoms with Gasteiger partial charge in [0.15, 0.2) is 11.9 Å². The Morgan fingerprint density at radius 2 is 2.07 bits per heavy atom. The molecule has 0 N–H and O–H groups in total. The summed E-state index contributed by atoms with van der Waals surface area (Å²) in [6.07, 6.45) is 0.792. The Morgan fingerprint density at radius 3 is 2.67 bits per heavy atom. The number of rotatable bonds is 1. The lowest BCUT2D eigenvalue weighted by atomic mass is 9.97.